The van der Waals surface area contributed by atoms with E-state index in [1.54, 1.807) is 18.2 Å². The first kappa shape index (κ1) is 19.4. The number of carbonyl (C=O) groups excluding carboxylic acids is 2. The van der Waals surface area contributed by atoms with Gasteiger partial charge in [0.1, 0.15) is 5.76 Å². The van der Waals surface area contributed by atoms with Crippen LogP contribution < -0.4 is 10.6 Å². The molecule has 0 saturated carbocycles. The van der Waals surface area contributed by atoms with Gasteiger partial charge in [-0.25, -0.2) is 0 Å². The molecule has 0 fully saturated rings. The highest BCUT2D eigenvalue weighted by Gasteiger charge is 2.36. The van der Waals surface area contributed by atoms with Crippen LogP contribution in [0, 0.1) is 0 Å². The Labute approximate surface area is 162 Å². The van der Waals surface area contributed by atoms with Crippen molar-refractivity contribution in [1.82, 2.24) is 10.6 Å². The normalized spacial score (nSPS) is 16.3. The van der Waals surface area contributed by atoms with Crippen molar-refractivity contribution in [2.45, 2.75) is 37.7 Å². The van der Waals surface area contributed by atoms with Gasteiger partial charge in [0.15, 0.2) is 5.60 Å². The summed E-state index contributed by atoms with van der Waals surface area (Å²) in [5.41, 5.74) is -0.174. The minimum atomic E-state index is -1.51. The largest absolute Gasteiger partial charge is 0.466 e. The summed E-state index contributed by atoms with van der Waals surface area (Å²) >= 11 is 1.35. The minimum Gasteiger partial charge on any atom is -0.466 e. The number of hydrogen-bond acceptors (Lipinski definition) is 5. The van der Waals surface area contributed by atoms with Gasteiger partial charge in [-0.1, -0.05) is 17.7 Å². The lowest BCUT2D eigenvalue weighted by atomic mass is 9.97. The van der Waals surface area contributed by atoms with E-state index in [-0.39, 0.29) is 6.54 Å². The topological polar surface area (TPSA) is 91.6 Å². The fourth-order valence-electron chi connectivity index (χ4n) is 3.16. The lowest BCUT2D eigenvalue weighted by Gasteiger charge is -2.25. The van der Waals surface area contributed by atoms with Crippen LogP contribution in [0.4, 0.5) is 0 Å². The number of hydrogen-bond donors (Lipinski definition) is 3. The predicted molar refractivity (Wildman–Crippen MR) is 103 cm³/mol. The number of thiophene rings is 1. The minimum absolute atomic E-state index is 0.154. The zero-order chi connectivity index (χ0) is 19.1. The molecule has 2 heterocycles. The Hall–Kier alpha value is -2.38. The molecule has 0 spiro atoms. The summed E-state index contributed by atoms with van der Waals surface area (Å²) in [6, 6.07) is 6.88. The van der Waals surface area contributed by atoms with E-state index in [4.69, 9.17) is 4.42 Å². The molecule has 0 aromatic carbocycles. The molecule has 6 nitrogen and oxygen atoms in total. The van der Waals surface area contributed by atoms with Gasteiger partial charge in [0.05, 0.1) is 12.8 Å². The first-order chi connectivity index (χ1) is 13.1. The van der Waals surface area contributed by atoms with Gasteiger partial charge in [-0.3, -0.25) is 9.59 Å². The third-order valence-electron chi connectivity index (χ3n) is 4.69. The molecule has 2 aromatic rings. The molecule has 1 atom stereocenters. The molecule has 1 aliphatic rings. The molecule has 0 saturated heterocycles. The molecule has 2 amide bonds. The molecule has 0 radical (unpaired) electrons. The maximum Gasteiger partial charge on any atom is 0.309 e. The summed E-state index contributed by atoms with van der Waals surface area (Å²) in [4.78, 5) is 24.8. The first-order valence-corrected chi connectivity index (χ1v) is 10.0. The van der Waals surface area contributed by atoms with Crippen molar-refractivity contribution in [1.29, 1.82) is 0 Å². The smallest absolute Gasteiger partial charge is 0.309 e. The number of allylic oxidation sites excluding steroid dienone is 1. The summed E-state index contributed by atoms with van der Waals surface area (Å²) in [5.74, 6) is -1.15. The van der Waals surface area contributed by atoms with Crippen molar-refractivity contribution in [2.75, 3.05) is 13.1 Å². The van der Waals surface area contributed by atoms with Crippen LogP contribution in [0.3, 0.4) is 0 Å². The summed E-state index contributed by atoms with van der Waals surface area (Å²) in [6.45, 7) is 0.282. The van der Waals surface area contributed by atoms with Crippen molar-refractivity contribution < 1.29 is 19.1 Å². The highest BCUT2D eigenvalue weighted by atomic mass is 32.1. The maximum absolute atomic E-state index is 12.1. The molecule has 2 aromatic heterocycles. The number of carbonyl (C=O) groups is 2. The second kappa shape index (κ2) is 9.01. The molecule has 7 heteroatoms. The second-order valence-corrected chi connectivity index (χ2v) is 7.56. The SMILES string of the molecule is O=C(NCCC1=CCCCC1)C(=O)NC[C@@](O)(c1ccco1)c1cccs1. The molecule has 3 rings (SSSR count). The molecule has 0 bridgehead atoms. The number of nitrogens with one attached hydrogen (secondary N) is 2. The van der Waals surface area contributed by atoms with Crippen LogP contribution in [-0.2, 0) is 15.2 Å². The molecule has 27 heavy (non-hydrogen) atoms. The monoisotopic (exact) mass is 388 g/mol. The fraction of sp³-hybridized carbons (Fsp3) is 0.400. The zero-order valence-corrected chi connectivity index (χ0v) is 15.9. The van der Waals surface area contributed by atoms with E-state index in [0.717, 1.165) is 19.3 Å². The Morgan fingerprint density at radius 2 is 2.04 bits per heavy atom. The third kappa shape index (κ3) is 4.87. The Morgan fingerprint density at radius 3 is 2.70 bits per heavy atom. The van der Waals surface area contributed by atoms with Gasteiger partial charge in [0.2, 0.25) is 0 Å². The summed E-state index contributed by atoms with van der Waals surface area (Å²) in [7, 11) is 0. The van der Waals surface area contributed by atoms with E-state index >= 15 is 0 Å². The molecule has 3 N–H and O–H groups in total. The number of rotatable bonds is 7. The summed E-state index contributed by atoms with van der Waals surface area (Å²) in [6.07, 6.45) is 9.03. The van der Waals surface area contributed by atoms with Gasteiger partial charge < -0.3 is 20.2 Å². The van der Waals surface area contributed by atoms with E-state index in [1.165, 1.54) is 36.0 Å². The average Bonchev–Trinajstić information content (AvgIpc) is 3.41. The van der Waals surface area contributed by atoms with E-state index in [2.05, 4.69) is 16.7 Å². The number of aliphatic hydroxyl groups is 1. The fourth-order valence-corrected chi connectivity index (χ4v) is 3.99. The summed E-state index contributed by atoms with van der Waals surface area (Å²) < 4.78 is 5.35. The van der Waals surface area contributed by atoms with E-state index in [9.17, 15) is 14.7 Å². The molecular weight excluding hydrogens is 364 g/mol. The second-order valence-electron chi connectivity index (χ2n) is 6.61. The number of furan rings is 1. The zero-order valence-electron chi connectivity index (χ0n) is 15.1. The first-order valence-electron chi connectivity index (χ1n) is 9.14. The maximum atomic E-state index is 12.1. The van der Waals surface area contributed by atoms with Gasteiger partial charge in [-0.05, 0) is 55.7 Å². The van der Waals surface area contributed by atoms with E-state index in [1.807, 2.05) is 11.4 Å². The lowest BCUT2D eigenvalue weighted by Crippen LogP contribution is -2.46. The van der Waals surface area contributed by atoms with E-state index < -0.39 is 17.4 Å². The van der Waals surface area contributed by atoms with Gasteiger partial charge in [-0.15, -0.1) is 11.3 Å². The molecule has 0 aliphatic heterocycles. The van der Waals surface area contributed by atoms with Crippen molar-refractivity contribution in [2.24, 2.45) is 0 Å². The van der Waals surface area contributed by atoms with Crippen LogP contribution in [0.2, 0.25) is 0 Å². The predicted octanol–water partition coefficient (Wildman–Crippen LogP) is 2.70. The van der Waals surface area contributed by atoms with Crippen LogP contribution in [-0.4, -0.2) is 30.0 Å². The van der Waals surface area contributed by atoms with Crippen LogP contribution in [0.15, 0.2) is 52.0 Å². The Morgan fingerprint density at radius 1 is 1.19 bits per heavy atom. The lowest BCUT2D eigenvalue weighted by molar-refractivity contribution is -0.139. The van der Waals surface area contributed by atoms with E-state index in [0.29, 0.717) is 17.2 Å². The van der Waals surface area contributed by atoms with Crippen molar-refractivity contribution >= 4 is 23.2 Å². The highest BCUT2D eigenvalue weighted by Crippen LogP contribution is 2.32. The van der Waals surface area contributed by atoms with Gasteiger partial charge in [0, 0.05) is 11.4 Å². The van der Waals surface area contributed by atoms with Crippen LogP contribution in [0.1, 0.15) is 42.7 Å². The van der Waals surface area contributed by atoms with Crippen molar-refractivity contribution in [3.05, 3.63) is 58.2 Å². The van der Waals surface area contributed by atoms with Crippen molar-refractivity contribution in [3.8, 4) is 0 Å². The highest BCUT2D eigenvalue weighted by molar-refractivity contribution is 7.10. The standard InChI is InChI=1S/C20H24N2O4S/c23-18(21-11-10-15-6-2-1-3-7-15)19(24)22-14-20(25,16-8-4-12-26-16)17-9-5-13-27-17/h4-6,8-9,12-13,25H,1-3,7,10-11,14H2,(H,21,23)(H,22,24)/t20-/m1/s1. The third-order valence-corrected chi connectivity index (χ3v) is 5.71. The van der Waals surface area contributed by atoms with Crippen LogP contribution in [0.5, 0.6) is 0 Å². The molecule has 1 aliphatic carbocycles. The van der Waals surface area contributed by atoms with Crippen molar-refractivity contribution in [3.63, 3.8) is 0 Å². The Kier molecular flexibility index (Phi) is 6.47. The Bertz CT molecular complexity index is 747. The van der Waals surface area contributed by atoms with Crippen LogP contribution >= 0.6 is 11.3 Å². The van der Waals surface area contributed by atoms with Gasteiger partial charge >= 0.3 is 11.8 Å². The summed E-state index contributed by atoms with van der Waals surface area (Å²) in [5, 5.41) is 18.1. The molecule has 0 unspecified atom stereocenters. The number of amides is 2. The van der Waals surface area contributed by atoms with Gasteiger partial charge in [0.25, 0.3) is 0 Å². The average molecular weight is 388 g/mol. The quantitative estimate of drug-likeness (QED) is 0.502. The molecule has 144 valence electrons. The van der Waals surface area contributed by atoms with Crippen LogP contribution in [0.25, 0.3) is 0 Å². The molecular formula is C20H24N2O4S. The Balaban J connectivity index is 1.53. The van der Waals surface area contributed by atoms with Gasteiger partial charge in [-0.2, -0.15) is 0 Å².